The van der Waals surface area contributed by atoms with Crippen molar-refractivity contribution in [3.05, 3.63) is 56.7 Å². The first-order valence-electron chi connectivity index (χ1n) is 9.44. The highest BCUT2D eigenvalue weighted by molar-refractivity contribution is 7.99. The van der Waals surface area contributed by atoms with Crippen LogP contribution in [0.25, 0.3) is 10.2 Å². The number of methoxy groups -OCH3 is 1. The topological polar surface area (TPSA) is 61.2 Å². The molecule has 0 amide bonds. The molecule has 0 saturated carbocycles. The maximum absolute atomic E-state index is 13.3. The number of carbonyl (C=O) groups excluding carboxylic acids is 1. The first-order valence-corrected chi connectivity index (χ1v) is 11.2. The summed E-state index contributed by atoms with van der Waals surface area (Å²) in [4.78, 5) is 32.7. The van der Waals surface area contributed by atoms with E-state index >= 15 is 0 Å². The number of hydrogen-bond donors (Lipinski definition) is 0. The summed E-state index contributed by atoms with van der Waals surface area (Å²) >= 11 is 2.97. The van der Waals surface area contributed by atoms with Gasteiger partial charge in [0.25, 0.3) is 5.56 Å². The third-order valence-corrected chi connectivity index (χ3v) is 7.15. The summed E-state index contributed by atoms with van der Waals surface area (Å²) in [6, 6.07) is 9.22. The Labute approximate surface area is 171 Å². The van der Waals surface area contributed by atoms with Crippen LogP contribution in [0.1, 0.15) is 33.6 Å². The van der Waals surface area contributed by atoms with E-state index in [-0.39, 0.29) is 17.1 Å². The van der Waals surface area contributed by atoms with Gasteiger partial charge in [-0.05, 0) is 31.2 Å². The fourth-order valence-electron chi connectivity index (χ4n) is 3.55. The third kappa shape index (κ3) is 3.79. The average molecular weight is 415 g/mol. The Balaban J connectivity index is 1.69. The summed E-state index contributed by atoms with van der Waals surface area (Å²) in [5.74, 6) is 0.281. The predicted molar refractivity (Wildman–Crippen MR) is 114 cm³/mol. The van der Waals surface area contributed by atoms with E-state index in [0.717, 1.165) is 29.5 Å². The van der Waals surface area contributed by atoms with Gasteiger partial charge in [-0.25, -0.2) is 4.98 Å². The van der Waals surface area contributed by atoms with Crippen molar-refractivity contribution in [2.45, 2.75) is 37.4 Å². The second kappa shape index (κ2) is 8.59. The number of thioether (sulfide) groups is 1. The highest BCUT2D eigenvalue weighted by atomic mass is 32.2. The number of thiophene rings is 1. The summed E-state index contributed by atoms with van der Waals surface area (Å²) in [6.07, 6.45) is 4.28. The molecule has 3 aromatic rings. The smallest absolute Gasteiger partial charge is 0.263 e. The van der Waals surface area contributed by atoms with E-state index in [1.807, 2.05) is 30.3 Å². The van der Waals surface area contributed by atoms with Crippen LogP contribution in [0.4, 0.5) is 0 Å². The lowest BCUT2D eigenvalue weighted by Gasteiger charge is -2.13. The number of ether oxygens (including phenoxy) is 1. The molecule has 7 heteroatoms. The van der Waals surface area contributed by atoms with Gasteiger partial charge >= 0.3 is 0 Å². The fraction of sp³-hybridized carbons (Fsp3) is 0.381. The molecule has 0 radical (unpaired) electrons. The number of aryl methyl sites for hydroxylation is 2. The van der Waals surface area contributed by atoms with Crippen molar-refractivity contribution >= 4 is 39.1 Å². The highest BCUT2D eigenvalue weighted by Crippen LogP contribution is 2.34. The first-order chi connectivity index (χ1) is 13.7. The SMILES string of the molecule is COCCn1c(SCC(=O)c2ccccc2)nc2sc3c(c2c1=O)CCCC3. The molecular weight excluding hydrogens is 392 g/mol. The molecule has 0 aliphatic heterocycles. The van der Waals surface area contributed by atoms with E-state index in [4.69, 9.17) is 9.72 Å². The summed E-state index contributed by atoms with van der Waals surface area (Å²) < 4.78 is 6.87. The third-order valence-electron chi connectivity index (χ3n) is 4.99. The van der Waals surface area contributed by atoms with Crippen LogP contribution in [0.5, 0.6) is 0 Å². The van der Waals surface area contributed by atoms with Crippen molar-refractivity contribution in [1.29, 1.82) is 0 Å². The fourth-order valence-corrected chi connectivity index (χ4v) is 5.77. The summed E-state index contributed by atoms with van der Waals surface area (Å²) in [7, 11) is 1.62. The molecule has 0 spiro atoms. The molecule has 28 heavy (non-hydrogen) atoms. The largest absolute Gasteiger partial charge is 0.383 e. The van der Waals surface area contributed by atoms with Crippen LogP contribution in [0.2, 0.25) is 0 Å². The first kappa shape index (κ1) is 19.4. The van der Waals surface area contributed by atoms with Gasteiger partial charge < -0.3 is 4.74 Å². The monoisotopic (exact) mass is 414 g/mol. The van der Waals surface area contributed by atoms with Crippen LogP contribution in [0.3, 0.4) is 0 Å². The van der Waals surface area contributed by atoms with E-state index < -0.39 is 0 Å². The maximum atomic E-state index is 13.3. The van der Waals surface area contributed by atoms with Crippen molar-refractivity contribution in [3.63, 3.8) is 0 Å². The number of hydrogen-bond acceptors (Lipinski definition) is 6. The zero-order valence-corrected chi connectivity index (χ0v) is 17.4. The minimum Gasteiger partial charge on any atom is -0.383 e. The Morgan fingerprint density at radius 1 is 1.25 bits per heavy atom. The molecule has 0 N–H and O–H groups in total. The van der Waals surface area contributed by atoms with E-state index in [9.17, 15) is 9.59 Å². The number of nitrogens with zero attached hydrogens (tertiary/aromatic N) is 2. The molecule has 4 rings (SSSR count). The van der Waals surface area contributed by atoms with Crippen LogP contribution in [0.15, 0.2) is 40.3 Å². The molecule has 2 aromatic heterocycles. The number of benzene rings is 1. The lowest BCUT2D eigenvalue weighted by molar-refractivity contribution is 0.102. The Kier molecular flexibility index (Phi) is 5.94. The van der Waals surface area contributed by atoms with E-state index in [1.165, 1.54) is 28.6 Å². The van der Waals surface area contributed by atoms with Gasteiger partial charge in [0.1, 0.15) is 4.83 Å². The van der Waals surface area contributed by atoms with Crippen molar-refractivity contribution in [2.75, 3.05) is 19.5 Å². The number of Topliss-reactive ketones (excluding diaryl/α,β-unsaturated/α-hetero) is 1. The zero-order valence-electron chi connectivity index (χ0n) is 15.8. The Hall–Kier alpha value is -1.96. The average Bonchev–Trinajstić information content (AvgIpc) is 3.10. The summed E-state index contributed by atoms with van der Waals surface area (Å²) in [5.41, 5.74) is 1.86. The maximum Gasteiger partial charge on any atom is 0.263 e. The molecular formula is C21H22N2O3S2. The second-order valence-corrected chi connectivity index (χ2v) is 8.84. The molecule has 0 atom stereocenters. The van der Waals surface area contributed by atoms with E-state index in [1.54, 1.807) is 23.0 Å². The normalized spacial score (nSPS) is 13.6. The quantitative estimate of drug-likeness (QED) is 0.333. The molecule has 1 aliphatic rings. The molecule has 1 aromatic carbocycles. The van der Waals surface area contributed by atoms with Crippen molar-refractivity contribution in [2.24, 2.45) is 0 Å². The van der Waals surface area contributed by atoms with Gasteiger partial charge in [0.05, 0.1) is 24.3 Å². The van der Waals surface area contributed by atoms with E-state index in [2.05, 4.69) is 0 Å². The van der Waals surface area contributed by atoms with Crippen LogP contribution >= 0.6 is 23.1 Å². The number of fused-ring (bicyclic) bond motifs is 3. The number of aromatic nitrogens is 2. The van der Waals surface area contributed by atoms with Gasteiger partial charge in [-0.3, -0.25) is 14.2 Å². The minimum atomic E-state index is -0.00360. The molecule has 1 aliphatic carbocycles. The Morgan fingerprint density at radius 2 is 2.04 bits per heavy atom. The molecule has 0 unspecified atom stereocenters. The molecule has 0 saturated heterocycles. The number of rotatable bonds is 7. The van der Waals surface area contributed by atoms with Gasteiger partial charge in [0.15, 0.2) is 10.9 Å². The molecule has 0 fully saturated rings. The van der Waals surface area contributed by atoms with Crippen molar-refractivity contribution < 1.29 is 9.53 Å². The highest BCUT2D eigenvalue weighted by Gasteiger charge is 2.22. The molecule has 0 bridgehead atoms. The van der Waals surface area contributed by atoms with Crippen LogP contribution < -0.4 is 5.56 Å². The van der Waals surface area contributed by atoms with Gasteiger partial charge in [-0.15, -0.1) is 11.3 Å². The van der Waals surface area contributed by atoms with Gasteiger partial charge in [0.2, 0.25) is 0 Å². The Morgan fingerprint density at radius 3 is 2.82 bits per heavy atom. The minimum absolute atomic E-state index is 0.00360. The predicted octanol–water partition coefficient (Wildman–Crippen LogP) is 3.96. The summed E-state index contributed by atoms with van der Waals surface area (Å²) in [5, 5.41) is 1.37. The van der Waals surface area contributed by atoms with Crippen LogP contribution in [-0.2, 0) is 24.1 Å². The van der Waals surface area contributed by atoms with Gasteiger partial charge in [-0.2, -0.15) is 0 Å². The van der Waals surface area contributed by atoms with Gasteiger partial charge in [-0.1, -0.05) is 42.1 Å². The molecule has 146 valence electrons. The lowest BCUT2D eigenvalue weighted by Crippen LogP contribution is -2.26. The van der Waals surface area contributed by atoms with E-state index in [0.29, 0.717) is 23.9 Å². The second-order valence-electron chi connectivity index (χ2n) is 6.81. The number of carbonyl (C=O) groups is 1. The molecule has 5 nitrogen and oxygen atoms in total. The lowest BCUT2D eigenvalue weighted by atomic mass is 9.97. The summed E-state index contributed by atoms with van der Waals surface area (Å²) in [6.45, 7) is 0.865. The van der Waals surface area contributed by atoms with Crippen molar-refractivity contribution in [1.82, 2.24) is 9.55 Å². The van der Waals surface area contributed by atoms with Crippen molar-refractivity contribution in [3.8, 4) is 0 Å². The Bertz CT molecular complexity index is 1060. The standard InChI is InChI=1S/C21H22N2O3S2/c1-26-12-11-23-20(25)18-15-9-5-6-10-17(15)28-19(18)22-21(23)27-13-16(24)14-7-3-2-4-8-14/h2-4,7-8H,5-6,9-13H2,1H3. The van der Waals surface area contributed by atoms with Crippen LogP contribution in [0, 0.1) is 0 Å². The van der Waals surface area contributed by atoms with Crippen LogP contribution in [-0.4, -0.2) is 34.8 Å². The zero-order chi connectivity index (χ0) is 19.5. The number of ketones is 1. The molecule has 2 heterocycles. The van der Waals surface area contributed by atoms with Gasteiger partial charge in [0, 0.05) is 17.6 Å².